The summed E-state index contributed by atoms with van der Waals surface area (Å²) in [6.07, 6.45) is 16.4. The number of hydrogen-bond donors (Lipinski definition) is 0. The van der Waals surface area contributed by atoms with Crippen LogP contribution in [0, 0.1) is 0 Å². The molecule has 0 saturated heterocycles. The second kappa shape index (κ2) is 13.3. The molecule has 0 atom stereocenters. The third kappa shape index (κ3) is 10.5. The first kappa shape index (κ1) is 17.9. The summed E-state index contributed by atoms with van der Waals surface area (Å²) >= 11 is 0. The van der Waals surface area contributed by atoms with Crippen LogP contribution in [0.25, 0.3) is 0 Å². The van der Waals surface area contributed by atoms with Gasteiger partial charge in [-0.2, -0.15) is 0 Å². The molecule has 2 heteroatoms. The van der Waals surface area contributed by atoms with Crippen LogP contribution in [0.1, 0.15) is 59.8 Å². The summed E-state index contributed by atoms with van der Waals surface area (Å²) in [6, 6.07) is 0. The quantitative estimate of drug-likeness (QED) is 0.385. The average Bonchev–Trinajstić information content (AvgIpc) is 2.30. The molecule has 0 aromatic heterocycles. The summed E-state index contributed by atoms with van der Waals surface area (Å²) in [6.45, 7) is 9.41. The van der Waals surface area contributed by atoms with Crippen LogP contribution in [-0.2, 0) is 0 Å². The molecule has 0 N–H and O–H groups in total. The predicted octanol–water partition coefficient (Wildman–Crippen LogP) is 5.98. The van der Waals surface area contributed by atoms with Gasteiger partial charge in [-0.1, -0.05) is 53.4 Å². The lowest BCUT2D eigenvalue weighted by Crippen LogP contribution is -1.99. The Kier molecular flexibility index (Phi) is 14.0. The van der Waals surface area contributed by atoms with Crippen LogP contribution < -0.4 is 0 Å². The molecule has 0 rings (SSSR count). The number of rotatable bonds is 12. The molecule has 0 saturated carbocycles. The van der Waals surface area contributed by atoms with E-state index >= 15 is 0 Å². The van der Waals surface area contributed by atoms with Crippen molar-refractivity contribution in [1.29, 1.82) is 0 Å². The van der Waals surface area contributed by atoms with Crippen LogP contribution in [0.2, 0.25) is 0 Å². The molecular weight excluding hydrogens is 242 g/mol. The van der Waals surface area contributed by atoms with E-state index in [2.05, 4.69) is 27.7 Å². The molecule has 104 valence electrons. The van der Waals surface area contributed by atoms with Crippen LogP contribution in [0.4, 0.5) is 0 Å². The first-order valence-electron chi connectivity index (χ1n) is 7.73. The van der Waals surface area contributed by atoms with Crippen molar-refractivity contribution in [3.63, 3.8) is 0 Å². The number of hydrogen-bond acceptors (Lipinski definition) is 0. The maximum atomic E-state index is 2.35. The summed E-state index contributed by atoms with van der Waals surface area (Å²) in [7, 11) is 0.801. The Labute approximate surface area is 113 Å². The van der Waals surface area contributed by atoms with Crippen molar-refractivity contribution in [1.82, 2.24) is 0 Å². The lowest BCUT2D eigenvalue weighted by Gasteiger charge is -2.19. The normalized spacial score (nSPS) is 11.6. The first-order valence-corrected chi connectivity index (χ1v) is 11.5. The lowest BCUT2D eigenvalue weighted by molar-refractivity contribution is 1.00. The minimum Gasteiger partial charge on any atom is -0.107 e. The third-order valence-corrected chi connectivity index (χ3v) is 9.32. The Morgan fingerprint density at radius 1 is 0.471 bits per heavy atom. The molecule has 0 aromatic carbocycles. The summed E-state index contributed by atoms with van der Waals surface area (Å²) < 4.78 is 0. The van der Waals surface area contributed by atoms with Gasteiger partial charge in [0.15, 0.2) is 0 Å². The smallest absolute Gasteiger partial charge is 0.0323 e. The van der Waals surface area contributed by atoms with Gasteiger partial charge in [-0.15, -0.1) is 15.8 Å². The second-order valence-corrected chi connectivity index (χ2v) is 10.4. The molecule has 0 bridgehead atoms. The van der Waals surface area contributed by atoms with E-state index in [0.29, 0.717) is 15.8 Å². The van der Waals surface area contributed by atoms with Crippen LogP contribution in [0.15, 0.2) is 0 Å². The molecule has 0 aliphatic carbocycles. The molecule has 0 aromatic rings. The van der Waals surface area contributed by atoms with Gasteiger partial charge in [0, 0.05) is 0 Å². The molecule has 0 amide bonds. The SMILES string of the molecule is CCCP(CCC)CCCP(CCC)CCC. The molecule has 17 heavy (non-hydrogen) atoms. The topological polar surface area (TPSA) is 0 Å². The van der Waals surface area contributed by atoms with Gasteiger partial charge >= 0.3 is 0 Å². The summed E-state index contributed by atoms with van der Waals surface area (Å²) in [4.78, 5) is 0. The van der Waals surface area contributed by atoms with E-state index in [1.807, 2.05) is 0 Å². The molecule has 0 unspecified atom stereocenters. The van der Waals surface area contributed by atoms with E-state index in [4.69, 9.17) is 0 Å². The third-order valence-electron chi connectivity index (χ3n) is 3.11. The second-order valence-electron chi connectivity index (χ2n) is 5.04. The summed E-state index contributed by atoms with van der Waals surface area (Å²) in [5.41, 5.74) is 0. The highest BCUT2D eigenvalue weighted by Crippen LogP contribution is 2.42. The lowest BCUT2D eigenvalue weighted by atomic mass is 10.5. The van der Waals surface area contributed by atoms with Gasteiger partial charge in [0.2, 0.25) is 0 Å². The van der Waals surface area contributed by atoms with Gasteiger partial charge in [-0.3, -0.25) is 0 Å². The van der Waals surface area contributed by atoms with Gasteiger partial charge < -0.3 is 0 Å². The molecule has 0 nitrogen and oxygen atoms in total. The van der Waals surface area contributed by atoms with E-state index in [1.165, 1.54) is 56.8 Å². The summed E-state index contributed by atoms with van der Waals surface area (Å²) in [5, 5.41) is 0. The van der Waals surface area contributed by atoms with Crippen LogP contribution in [0.5, 0.6) is 0 Å². The van der Waals surface area contributed by atoms with Gasteiger partial charge in [-0.25, -0.2) is 0 Å². The van der Waals surface area contributed by atoms with Gasteiger partial charge in [-0.05, 0) is 43.4 Å². The Bertz CT molecular complexity index is 120. The Hall–Kier alpha value is 0.860. The highest BCUT2D eigenvalue weighted by molar-refractivity contribution is 7.58. The van der Waals surface area contributed by atoms with Crippen molar-refractivity contribution in [3.8, 4) is 0 Å². The van der Waals surface area contributed by atoms with Crippen molar-refractivity contribution in [2.24, 2.45) is 0 Å². The van der Waals surface area contributed by atoms with Crippen molar-refractivity contribution in [2.75, 3.05) is 37.0 Å². The van der Waals surface area contributed by atoms with Crippen molar-refractivity contribution < 1.29 is 0 Å². The Morgan fingerprint density at radius 3 is 1.00 bits per heavy atom. The average molecular weight is 276 g/mol. The Balaban J connectivity index is 3.73. The first-order chi connectivity index (χ1) is 8.28. The minimum absolute atomic E-state index is 0.400. The van der Waals surface area contributed by atoms with Crippen molar-refractivity contribution in [2.45, 2.75) is 59.8 Å². The monoisotopic (exact) mass is 276 g/mol. The van der Waals surface area contributed by atoms with Crippen molar-refractivity contribution >= 4 is 15.8 Å². The molecule has 0 aliphatic heterocycles. The van der Waals surface area contributed by atoms with E-state index in [0.717, 1.165) is 0 Å². The van der Waals surface area contributed by atoms with E-state index < -0.39 is 0 Å². The Morgan fingerprint density at radius 2 is 0.765 bits per heavy atom. The van der Waals surface area contributed by atoms with Crippen LogP contribution in [0.3, 0.4) is 0 Å². The van der Waals surface area contributed by atoms with Gasteiger partial charge in [0.25, 0.3) is 0 Å². The zero-order chi connectivity index (χ0) is 12.9. The molecular formula is C15H34P2. The van der Waals surface area contributed by atoms with Gasteiger partial charge in [0.05, 0.1) is 0 Å². The van der Waals surface area contributed by atoms with Crippen LogP contribution in [-0.4, -0.2) is 37.0 Å². The highest BCUT2D eigenvalue weighted by atomic mass is 31.1. The molecule has 0 heterocycles. The van der Waals surface area contributed by atoms with E-state index in [-0.39, 0.29) is 0 Å². The van der Waals surface area contributed by atoms with E-state index in [1.54, 1.807) is 12.3 Å². The van der Waals surface area contributed by atoms with E-state index in [9.17, 15) is 0 Å². The van der Waals surface area contributed by atoms with Crippen LogP contribution >= 0.6 is 15.8 Å². The fourth-order valence-corrected chi connectivity index (χ4v) is 7.79. The highest BCUT2D eigenvalue weighted by Gasteiger charge is 2.09. The fourth-order valence-electron chi connectivity index (χ4n) is 2.45. The summed E-state index contributed by atoms with van der Waals surface area (Å²) in [5.74, 6) is 0. The molecule has 0 aliphatic rings. The molecule has 0 spiro atoms. The fraction of sp³-hybridized carbons (Fsp3) is 1.00. The minimum atomic E-state index is 0.400. The molecule has 0 radical (unpaired) electrons. The largest absolute Gasteiger partial charge is 0.107 e. The zero-order valence-electron chi connectivity index (χ0n) is 12.7. The maximum Gasteiger partial charge on any atom is -0.0323 e. The standard InChI is InChI=1S/C15H34P2/c1-5-10-16(11-6-2)14-9-15-17(12-7-3)13-8-4/h5-15H2,1-4H3. The van der Waals surface area contributed by atoms with Gasteiger partial charge in [0.1, 0.15) is 0 Å². The predicted molar refractivity (Wildman–Crippen MR) is 88.8 cm³/mol. The maximum absolute atomic E-state index is 2.35. The van der Waals surface area contributed by atoms with Crippen molar-refractivity contribution in [3.05, 3.63) is 0 Å². The molecule has 0 fully saturated rings. The zero-order valence-corrected chi connectivity index (χ0v) is 14.5.